The Hall–Kier alpha value is -2.24. The molecule has 0 spiro atoms. The van der Waals surface area contributed by atoms with Gasteiger partial charge in [0.25, 0.3) is 0 Å². The molecule has 2 N–H and O–H groups in total. The summed E-state index contributed by atoms with van der Waals surface area (Å²) in [6.45, 7) is 0. The summed E-state index contributed by atoms with van der Waals surface area (Å²) in [7, 11) is 3.06. The van der Waals surface area contributed by atoms with E-state index in [4.69, 9.17) is 9.47 Å². The number of hydrogen-bond donors (Lipinski definition) is 2. The number of amides is 1. The first-order chi connectivity index (χ1) is 11.5. The molecule has 2 rings (SSSR count). The minimum atomic E-state index is -0.975. The van der Waals surface area contributed by atoms with Crippen molar-refractivity contribution in [3.63, 3.8) is 0 Å². The highest BCUT2D eigenvalue weighted by atomic mass is 16.5. The number of nitrogens with one attached hydrogen (secondary N) is 1. The van der Waals surface area contributed by atoms with Crippen LogP contribution in [0.4, 0.5) is 0 Å². The fourth-order valence-corrected chi connectivity index (χ4v) is 2.90. The van der Waals surface area contributed by atoms with Crippen molar-refractivity contribution >= 4 is 11.9 Å². The van der Waals surface area contributed by atoms with Crippen LogP contribution in [0.3, 0.4) is 0 Å². The molecule has 0 radical (unpaired) electrons. The van der Waals surface area contributed by atoms with Crippen LogP contribution in [-0.2, 0) is 9.59 Å². The van der Waals surface area contributed by atoms with Crippen LogP contribution in [0.5, 0.6) is 11.5 Å². The molecule has 1 atom stereocenters. The number of methoxy groups -OCH3 is 2. The number of carbonyl (C=O) groups excluding carboxylic acids is 1. The van der Waals surface area contributed by atoms with Gasteiger partial charge in [-0.25, -0.2) is 0 Å². The number of aliphatic carboxylic acids is 1. The molecule has 132 valence electrons. The maximum Gasteiger partial charge on any atom is 0.305 e. The number of carboxylic acids is 1. The molecule has 1 unspecified atom stereocenters. The first-order valence-corrected chi connectivity index (χ1v) is 8.26. The van der Waals surface area contributed by atoms with Crippen molar-refractivity contribution in [1.82, 2.24) is 5.32 Å². The van der Waals surface area contributed by atoms with Gasteiger partial charge in [0.1, 0.15) is 11.5 Å². The topological polar surface area (TPSA) is 84.9 Å². The SMILES string of the molecule is COc1ccc(C(CC(=O)O)NC(=O)CCC2CCC2)c(OC)c1. The second kappa shape index (κ2) is 8.57. The zero-order valence-electron chi connectivity index (χ0n) is 14.2. The average molecular weight is 335 g/mol. The van der Waals surface area contributed by atoms with E-state index in [1.165, 1.54) is 26.4 Å². The molecule has 1 saturated carbocycles. The third kappa shape index (κ3) is 4.88. The fraction of sp³-hybridized carbons (Fsp3) is 0.556. The molecule has 24 heavy (non-hydrogen) atoms. The summed E-state index contributed by atoms with van der Waals surface area (Å²) >= 11 is 0. The Balaban J connectivity index is 2.08. The monoisotopic (exact) mass is 335 g/mol. The van der Waals surface area contributed by atoms with Gasteiger partial charge in [-0.2, -0.15) is 0 Å². The van der Waals surface area contributed by atoms with Gasteiger partial charge in [0.15, 0.2) is 0 Å². The minimum Gasteiger partial charge on any atom is -0.497 e. The molecule has 0 aromatic heterocycles. The molecule has 1 aromatic carbocycles. The van der Waals surface area contributed by atoms with E-state index in [-0.39, 0.29) is 12.3 Å². The molecule has 0 heterocycles. The molecule has 0 saturated heterocycles. The Bertz CT molecular complexity index is 583. The summed E-state index contributed by atoms with van der Waals surface area (Å²) in [5.74, 6) is 0.660. The number of carboxylic acid groups (broad SMARTS) is 1. The quantitative estimate of drug-likeness (QED) is 0.725. The molecular formula is C18H25NO5. The van der Waals surface area contributed by atoms with Crippen LogP contribution in [0.25, 0.3) is 0 Å². The zero-order chi connectivity index (χ0) is 17.5. The van der Waals surface area contributed by atoms with Crippen molar-refractivity contribution < 1.29 is 24.2 Å². The Morgan fingerprint density at radius 3 is 2.58 bits per heavy atom. The van der Waals surface area contributed by atoms with Crippen LogP contribution in [0.2, 0.25) is 0 Å². The predicted molar refractivity (Wildman–Crippen MR) is 89.3 cm³/mol. The molecule has 0 bridgehead atoms. The largest absolute Gasteiger partial charge is 0.497 e. The van der Waals surface area contributed by atoms with Gasteiger partial charge in [-0.05, 0) is 24.5 Å². The summed E-state index contributed by atoms with van der Waals surface area (Å²) in [6, 6.07) is 4.52. The van der Waals surface area contributed by atoms with Gasteiger partial charge in [0, 0.05) is 18.1 Å². The normalized spacial score (nSPS) is 15.2. The molecule has 1 amide bonds. The maximum absolute atomic E-state index is 12.2. The zero-order valence-corrected chi connectivity index (χ0v) is 14.2. The first kappa shape index (κ1) is 18.1. The molecule has 0 aliphatic heterocycles. The predicted octanol–water partition coefficient (Wildman–Crippen LogP) is 2.92. The van der Waals surface area contributed by atoms with Crippen molar-refractivity contribution in [1.29, 1.82) is 0 Å². The Morgan fingerprint density at radius 2 is 2.04 bits per heavy atom. The summed E-state index contributed by atoms with van der Waals surface area (Å²) < 4.78 is 10.5. The lowest BCUT2D eigenvalue weighted by Crippen LogP contribution is -2.31. The summed E-state index contributed by atoms with van der Waals surface area (Å²) in [5, 5.41) is 12.0. The average Bonchev–Trinajstić information content (AvgIpc) is 2.51. The number of benzene rings is 1. The van der Waals surface area contributed by atoms with E-state index in [0.29, 0.717) is 29.4 Å². The van der Waals surface area contributed by atoms with E-state index < -0.39 is 12.0 Å². The number of carbonyl (C=O) groups is 2. The van der Waals surface area contributed by atoms with Crippen LogP contribution < -0.4 is 14.8 Å². The molecule has 6 nitrogen and oxygen atoms in total. The van der Waals surface area contributed by atoms with Gasteiger partial charge in [0.2, 0.25) is 5.91 Å². The summed E-state index contributed by atoms with van der Waals surface area (Å²) in [6.07, 6.45) is 4.73. The van der Waals surface area contributed by atoms with Crippen molar-refractivity contribution in [2.24, 2.45) is 5.92 Å². The number of hydrogen-bond acceptors (Lipinski definition) is 4. The first-order valence-electron chi connectivity index (χ1n) is 8.26. The molecule has 1 aromatic rings. The molecule has 6 heteroatoms. The minimum absolute atomic E-state index is 0.119. The molecular weight excluding hydrogens is 310 g/mol. The summed E-state index contributed by atoms with van der Waals surface area (Å²) in [4.78, 5) is 23.4. The van der Waals surface area contributed by atoms with Crippen LogP contribution in [-0.4, -0.2) is 31.2 Å². The number of ether oxygens (including phenoxy) is 2. The van der Waals surface area contributed by atoms with Crippen LogP contribution in [0, 0.1) is 5.92 Å². The lowest BCUT2D eigenvalue weighted by atomic mass is 9.82. The maximum atomic E-state index is 12.2. The highest BCUT2D eigenvalue weighted by Gasteiger charge is 2.23. The second-order valence-electron chi connectivity index (χ2n) is 6.16. The standard InChI is InChI=1S/C18H25NO5/c1-23-13-7-8-14(16(10-13)24-2)15(11-18(21)22)19-17(20)9-6-12-4-3-5-12/h7-8,10,12,15H,3-6,9,11H2,1-2H3,(H,19,20)(H,21,22). The van der Waals surface area contributed by atoms with Gasteiger partial charge in [0.05, 0.1) is 26.7 Å². The lowest BCUT2D eigenvalue weighted by Gasteiger charge is -2.25. The van der Waals surface area contributed by atoms with E-state index in [9.17, 15) is 14.7 Å². The van der Waals surface area contributed by atoms with Gasteiger partial charge in [-0.15, -0.1) is 0 Å². The number of rotatable bonds is 9. The van der Waals surface area contributed by atoms with Crippen LogP contribution in [0.15, 0.2) is 18.2 Å². The third-order valence-electron chi connectivity index (χ3n) is 4.53. The van der Waals surface area contributed by atoms with E-state index in [0.717, 1.165) is 6.42 Å². The van der Waals surface area contributed by atoms with Crippen molar-refractivity contribution in [3.05, 3.63) is 23.8 Å². The van der Waals surface area contributed by atoms with E-state index in [1.807, 2.05) is 0 Å². The van der Waals surface area contributed by atoms with Gasteiger partial charge < -0.3 is 19.9 Å². The van der Waals surface area contributed by atoms with Crippen LogP contribution >= 0.6 is 0 Å². The van der Waals surface area contributed by atoms with Crippen molar-refractivity contribution in [2.75, 3.05) is 14.2 Å². The van der Waals surface area contributed by atoms with E-state index >= 15 is 0 Å². The molecule has 1 fully saturated rings. The Kier molecular flexibility index (Phi) is 6.46. The third-order valence-corrected chi connectivity index (χ3v) is 4.53. The van der Waals surface area contributed by atoms with Crippen molar-refractivity contribution in [3.8, 4) is 11.5 Å². The Labute approximate surface area is 142 Å². The van der Waals surface area contributed by atoms with Gasteiger partial charge in [-0.1, -0.05) is 19.3 Å². The smallest absolute Gasteiger partial charge is 0.305 e. The van der Waals surface area contributed by atoms with Gasteiger partial charge in [-0.3, -0.25) is 9.59 Å². The van der Waals surface area contributed by atoms with Crippen LogP contribution in [0.1, 0.15) is 50.1 Å². The fourth-order valence-electron chi connectivity index (χ4n) is 2.90. The highest BCUT2D eigenvalue weighted by molar-refractivity contribution is 5.78. The second-order valence-corrected chi connectivity index (χ2v) is 6.16. The summed E-state index contributed by atoms with van der Waals surface area (Å²) in [5.41, 5.74) is 0.637. The molecule has 1 aliphatic carbocycles. The Morgan fingerprint density at radius 1 is 1.29 bits per heavy atom. The molecule has 1 aliphatic rings. The van der Waals surface area contributed by atoms with Gasteiger partial charge >= 0.3 is 5.97 Å². The van der Waals surface area contributed by atoms with E-state index in [1.54, 1.807) is 25.3 Å². The van der Waals surface area contributed by atoms with E-state index in [2.05, 4.69) is 5.32 Å². The van der Waals surface area contributed by atoms with Crippen molar-refractivity contribution in [2.45, 2.75) is 44.6 Å². The highest BCUT2D eigenvalue weighted by Crippen LogP contribution is 2.32. The lowest BCUT2D eigenvalue weighted by molar-refractivity contribution is -0.137.